The van der Waals surface area contributed by atoms with Crippen LogP contribution in [0.1, 0.15) is 12.5 Å². The molecule has 0 saturated heterocycles. The summed E-state index contributed by atoms with van der Waals surface area (Å²) < 4.78 is 5.52. The van der Waals surface area contributed by atoms with Crippen LogP contribution in [-0.4, -0.2) is 18.1 Å². The van der Waals surface area contributed by atoms with Gasteiger partial charge in [0.2, 0.25) is 0 Å². The number of benzene rings is 1. The van der Waals surface area contributed by atoms with Crippen molar-refractivity contribution in [2.24, 2.45) is 11.7 Å². The quantitative estimate of drug-likeness (QED) is 0.611. The van der Waals surface area contributed by atoms with Gasteiger partial charge in [0.25, 0.3) is 5.69 Å². The molecule has 1 aromatic rings. The molecule has 0 fully saturated rings. The summed E-state index contributed by atoms with van der Waals surface area (Å²) in [5.74, 6) is 0.945. The number of rotatable bonds is 5. The van der Waals surface area contributed by atoms with Crippen molar-refractivity contribution >= 4 is 5.69 Å². The second-order valence-electron chi connectivity index (χ2n) is 3.86. The number of ether oxygens (including phenoxy) is 1. The molecule has 0 heterocycles. The first-order valence-corrected chi connectivity index (χ1v) is 5.12. The third kappa shape index (κ3) is 3.20. The Morgan fingerprint density at radius 2 is 2.25 bits per heavy atom. The average Bonchev–Trinajstić information content (AvgIpc) is 2.26. The minimum Gasteiger partial charge on any atom is -0.493 e. The van der Waals surface area contributed by atoms with Gasteiger partial charge in [-0.3, -0.25) is 10.1 Å². The lowest BCUT2D eigenvalue weighted by atomic mass is 10.2. The standard InChI is InChI=1S/C11H16N2O3/c1-8(6-12)7-16-11-4-3-10(13(14)15)5-9(11)2/h3-5,8H,6-7,12H2,1-2H3. The Labute approximate surface area is 94.4 Å². The number of aryl methyl sites for hydroxylation is 1. The highest BCUT2D eigenvalue weighted by molar-refractivity contribution is 5.42. The second-order valence-corrected chi connectivity index (χ2v) is 3.86. The second kappa shape index (κ2) is 5.46. The van der Waals surface area contributed by atoms with Crippen molar-refractivity contribution in [3.8, 4) is 5.75 Å². The fourth-order valence-electron chi connectivity index (χ4n) is 1.21. The molecule has 5 heteroatoms. The van der Waals surface area contributed by atoms with Crippen molar-refractivity contribution in [2.75, 3.05) is 13.2 Å². The Hall–Kier alpha value is -1.62. The molecule has 0 aliphatic rings. The topological polar surface area (TPSA) is 78.4 Å². The number of nitrogens with two attached hydrogens (primary N) is 1. The fraction of sp³-hybridized carbons (Fsp3) is 0.455. The smallest absolute Gasteiger partial charge is 0.269 e. The van der Waals surface area contributed by atoms with Gasteiger partial charge in [0.15, 0.2) is 0 Å². The molecule has 2 N–H and O–H groups in total. The van der Waals surface area contributed by atoms with Gasteiger partial charge in [0.05, 0.1) is 11.5 Å². The van der Waals surface area contributed by atoms with Gasteiger partial charge >= 0.3 is 0 Å². The van der Waals surface area contributed by atoms with Gasteiger partial charge in [-0.1, -0.05) is 6.92 Å². The molecule has 1 atom stereocenters. The molecule has 1 rings (SSSR count). The number of non-ortho nitro benzene ring substituents is 1. The van der Waals surface area contributed by atoms with Gasteiger partial charge < -0.3 is 10.5 Å². The predicted molar refractivity (Wildman–Crippen MR) is 61.5 cm³/mol. The third-order valence-corrected chi connectivity index (χ3v) is 2.30. The molecule has 0 bridgehead atoms. The number of nitro groups is 1. The molecule has 0 aliphatic carbocycles. The van der Waals surface area contributed by atoms with Gasteiger partial charge in [-0.05, 0) is 25.1 Å². The van der Waals surface area contributed by atoms with E-state index in [-0.39, 0.29) is 11.6 Å². The van der Waals surface area contributed by atoms with Crippen LogP contribution in [0, 0.1) is 23.0 Å². The Kier molecular flexibility index (Phi) is 4.25. The van der Waals surface area contributed by atoms with E-state index in [0.29, 0.717) is 18.9 Å². The molecular weight excluding hydrogens is 208 g/mol. The van der Waals surface area contributed by atoms with Crippen LogP contribution < -0.4 is 10.5 Å². The van der Waals surface area contributed by atoms with Crippen LogP contribution in [0.5, 0.6) is 5.75 Å². The summed E-state index contributed by atoms with van der Waals surface area (Å²) in [7, 11) is 0. The molecule has 16 heavy (non-hydrogen) atoms. The molecule has 0 saturated carbocycles. The normalized spacial score (nSPS) is 12.2. The van der Waals surface area contributed by atoms with E-state index in [0.717, 1.165) is 5.56 Å². The van der Waals surface area contributed by atoms with E-state index in [1.54, 1.807) is 13.0 Å². The van der Waals surface area contributed by atoms with Crippen molar-refractivity contribution in [3.63, 3.8) is 0 Å². The lowest BCUT2D eigenvalue weighted by Gasteiger charge is -2.12. The summed E-state index contributed by atoms with van der Waals surface area (Å²) in [6.07, 6.45) is 0. The van der Waals surface area contributed by atoms with Gasteiger partial charge in [-0.15, -0.1) is 0 Å². The molecule has 0 amide bonds. The van der Waals surface area contributed by atoms with Crippen LogP contribution in [0.3, 0.4) is 0 Å². The Morgan fingerprint density at radius 3 is 2.75 bits per heavy atom. The molecule has 0 aromatic heterocycles. The molecule has 88 valence electrons. The first kappa shape index (κ1) is 12.4. The predicted octanol–water partition coefficient (Wildman–Crippen LogP) is 1.88. The third-order valence-electron chi connectivity index (χ3n) is 2.30. The Balaban J connectivity index is 2.72. The monoisotopic (exact) mass is 224 g/mol. The molecule has 1 aromatic carbocycles. The maximum absolute atomic E-state index is 10.5. The maximum atomic E-state index is 10.5. The molecule has 0 aliphatic heterocycles. The number of nitro benzene ring substituents is 1. The van der Waals surface area contributed by atoms with Crippen molar-refractivity contribution in [1.29, 1.82) is 0 Å². The van der Waals surface area contributed by atoms with Crippen LogP contribution in [0.15, 0.2) is 18.2 Å². The van der Waals surface area contributed by atoms with E-state index in [1.807, 2.05) is 6.92 Å². The van der Waals surface area contributed by atoms with E-state index in [2.05, 4.69) is 0 Å². The number of nitrogens with zero attached hydrogens (tertiary/aromatic N) is 1. The highest BCUT2D eigenvalue weighted by atomic mass is 16.6. The lowest BCUT2D eigenvalue weighted by Crippen LogP contribution is -2.18. The Bertz CT molecular complexity index is 379. The van der Waals surface area contributed by atoms with Crippen LogP contribution in [-0.2, 0) is 0 Å². The Morgan fingerprint density at radius 1 is 1.56 bits per heavy atom. The molecule has 1 unspecified atom stereocenters. The van der Waals surface area contributed by atoms with E-state index in [9.17, 15) is 10.1 Å². The van der Waals surface area contributed by atoms with Crippen LogP contribution in [0.25, 0.3) is 0 Å². The van der Waals surface area contributed by atoms with Gasteiger partial charge in [-0.25, -0.2) is 0 Å². The maximum Gasteiger partial charge on any atom is 0.269 e. The summed E-state index contributed by atoms with van der Waals surface area (Å²) in [5.41, 5.74) is 6.31. The number of hydrogen-bond acceptors (Lipinski definition) is 4. The zero-order valence-corrected chi connectivity index (χ0v) is 9.47. The van der Waals surface area contributed by atoms with E-state index < -0.39 is 4.92 Å². The van der Waals surface area contributed by atoms with Crippen LogP contribution in [0.2, 0.25) is 0 Å². The molecular formula is C11H16N2O3. The summed E-state index contributed by atoms with van der Waals surface area (Å²) in [6.45, 7) is 4.86. The van der Waals surface area contributed by atoms with E-state index in [4.69, 9.17) is 10.5 Å². The summed E-state index contributed by atoms with van der Waals surface area (Å²) >= 11 is 0. The zero-order chi connectivity index (χ0) is 12.1. The first-order valence-electron chi connectivity index (χ1n) is 5.12. The first-order chi connectivity index (χ1) is 7.54. The van der Waals surface area contributed by atoms with Crippen molar-refractivity contribution in [2.45, 2.75) is 13.8 Å². The number of hydrogen-bond donors (Lipinski definition) is 1. The highest BCUT2D eigenvalue weighted by Gasteiger charge is 2.09. The summed E-state index contributed by atoms with van der Waals surface area (Å²) in [6, 6.07) is 4.56. The van der Waals surface area contributed by atoms with Gasteiger partial charge in [-0.2, -0.15) is 0 Å². The molecule has 0 spiro atoms. The van der Waals surface area contributed by atoms with E-state index in [1.165, 1.54) is 12.1 Å². The molecule has 5 nitrogen and oxygen atoms in total. The molecule has 0 radical (unpaired) electrons. The highest BCUT2D eigenvalue weighted by Crippen LogP contribution is 2.23. The summed E-state index contributed by atoms with van der Waals surface area (Å²) in [4.78, 5) is 10.1. The van der Waals surface area contributed by atoms with Crippen LogP contribution in [0.4, 0.5) is 5.69 Å². The lowest BCUT2D eigenvalue weighted by molar-refractivity contribution is -0.384. The van der Waals surface area contributed by atoms with E-state index >= 15 is 0 Å². The van der Waals surface area contributed by atoms with Crippen molar-refractivity contribution < 1.29 is 9.66 Å². The van der Waals surface area contributed by atoms with Crippen LogP contribution >= 0.6 is 0 Å². The van der Waals surface area contributed by atoms with Crippen molar-refractivity contribution in [1.82, 2.24) is 0 Å². The zero-order valence-electron chi connectivity index (χ0n) is 9.47. The SMILES string of the molecule is Cc1cc([N+](=O)[O-])ccc1OCC(C)CN. The van der Waals surface area contributed by atoms with Gasteiger partial charge in [0.1, 0.15) is 5.75 Å². The minimum atomic E-state index is -0.417. The van der Waals surface area contributed by atoms with Crippen molar-refractivity contribution in [3.05, 3.63) is 33.9 Å². The summed E-state index contributed by atoms with van der Waals surface area (Å²) in [5, 5.41) is 10.5. The minimum absolute atomic E-state index is 0.0803. The fourth-order valence-corrected chi connectivity index (χ4v) is 1.21. The largest absolute Gasteiger partial charge is 0.493 e. The average molecular weight is 224 g/mol. The van der Waals surface area contributed by atoms with Gasteiger partial charge in [0, 0.05) is 18.1 Å².